The predicted molar refractivity (Wildman–Crippen MR) is 108 cm³/mol. The van der Waals surface area contributed by atoms with E-state index in [2.05, 4.69) is 11.0 Å². The lowest BCUT2D eigenvalue weighted by atomic mass is 10.1. The molecule has 0 spiro atoms. The van der Waals surface area contributed by atoms with Crippen LogP contribution in [0, 0.1) is 20.8 Å². The highest BCUT2D eigenvalue weighted by molar-refractivity contribution is 7.89. The van der Waals surface area contributed by atoms with Crippen molar-refractivity contribution in [2.45, 2.75) is 32.2 Å². The van der Waals surface area contributed by atoms with Crippen LogP contribution in [0.5, 0.6) is 5.75 Å². The van der Waals surface area contributed by atoms with Crippen molar-refractivity contribution >= 4 is 10.0 Å². The lowest BCUT2D eigenvalue weighted by Crippen LogP contribution is -3.00. The zero-order valence-electron chi connectivity index (χ0n) is 16.9. The largest absolute Gasteiger partial charge is 1.00 e. The molecule has 1 aliphatic heterocycles. The number of hydrogen-bond acceptors (Lipinski definition) is 4. The molecule has 1 aliphatic rings. The summed E-state index contributed by atoms with van der Waals surface area (Å²) >= 11 is 0. The van der Waals surface area contributed by atoms with Crippen LogP contribution in [0.25, 0.3) is 0 Å². The Hall–Kier alpha value is -1.60. The molecule has 0 unspecified atom stereocenters. The molecule has 0 saturated carbocycles. The van der Waals surface area contributed by atoms with Crippen molar-refractivity contribution in [3.05, 3.63) is 58.7 Å². The number of piperazine rings is 1. The first kappa shape index (κ1) is 22.7. The first-order valence-electron chi connectivity index (χ1n) is 9.24. The van der Waals surface area contributed by atoms with Crippen LogP contribution in [0.2, 0.25) is 0 Å². The molecule has 0 bridgehead atoms. The first-order chi connectivity index (χ1) is 12.8. The van der Waals surface area contributed by atoms with Crippen LogP contribution >= 0.6 is 0 Å². The van der Waals surface area contributed by atoms with Gasteiger partial charge in [-0.15, -0.1) is 0 Å². The van der Waals surface area contributed by atoms with E-state index in [4.69, 9.17) is 4.74 Å². The number of ether oxygens (including phenoxy) is 1. The summed E-state index contributed by atoms with van der Waals surface area (Å²) in [7, 11) is -1.80. The van der Waals surface area contributed by atoms with E-state index >= 15 is 0 Å². The molecular formula is C21H28ClN2O3S-. The Morgan fingerprint density at radius 1 is 0.964 bits per heavy atom. The molecule has 1 heterocycles. The molecule has 5 nitrogen and oxygen atoms in total. The molecule has 7 heteroatoms. The molecule has 0 atom stereocenters. The Bertz CT molecular complexity index is 900. The van der Waals surface area contributed by atoms with Gasteiger partial charge in [0.15, 0.2) is 0 Å². The topological polar surface area (TPSA) is 49.9 Å². The third-order valence-electron chi connectivity index (χ3n) is 5.07. The highest BCUT2D eigenvalue weighted by Gasteiger charge is 2.30. The average molecular weight is 424 g/mol. The van der Waals surface area contributed by atoms with Gasteiger partial charge in [0.2, 0.25) is 10.0 Å². The van der Waals surface area contributed by atoms with Crippen LogP contribution in [-0.2, 0) is 16.6 Å². The van der Waals surface area contributed by atoms with Crippen LogP contribution in [0.4, 0.5) is 0 Å². The number of sulfonamides is 1. The van der Waals surface area contributed by atoms with Gasteiger partial charge in [0.25, 0.3) is 0 Å². The number of rotatable bonds is 5. The molecule has 2 aromatic rings. The SMILES string of the molecule is COc1cccc(CN2CCN(S(=O)(=O)c3c(C)cc(C)cc3C)CC2)c1.[Cl-]. The fourth-order valence-electron chi connectivity index (χ4n) is 3.86. The highest BCUT2D eigenvalue weighted by atomic mass is 35.5. The summed E-state index contributed by atoms with van der Waals surface area (Å²) in [6.07, 6.45) is 0. The van der Waals surface area contributed by atoms with Gasteiger partial charge >= 0.3 is 0 Å². The molecule has 0 aliphatic carbocycles. The van der Waals surface area contributed by atoms with Crippen molar-refractivity contribution in [2.75, 3.05) is 33.3 Å². The molecular weight excluding hydrogens is 396 g/mol. The minimum atomic E-state index is -3.46. The Labute approximate surface area is 174 Å². The molecule has 0 amide bonds. The Kier molecular flexibility index (Phi) is 7.51. The highest BCUT2D eigenvalue weighted by Crippen LogP contribution is 2.26. The van der Waals surface area contributed by atoms with Crippen molar-refractivity contribution in [1.82, 2.24) is 9.21 Å². The quantitative estimate of drug-likeness (QED) is 0.686. The van der Waals surface area contributed by atoms with E-state index in [9.17, 15) is 8.42 Å². The predicted octanol–water partition coefficient (Wildman–Crippen LogP) is 0.131. The summed E-state index contributed by atoms with van der Waals surface area (Å²) in [5.74, 6) is 0.846. The molecule has 3 rings (SSSR count). The lowest BCUT2D eigenvalue weighted by Gasteiger charge is -2.34. The zero-order valence-corrected chi connectivity index (χ0v) is 18.5. The van der Waals surface area contributed by atoms with E-state index in [1.807, 2.05) is 51.1 Å². The Balaban J connectivity index is 0.00000280. The second-order valence-electron chi connectivity index (χ2n) is 7.26. The van der Waals surface area contributed by atoms with Gasteiger partial charge in [-0.2, -0.15) is 4.31 Å². The Morgan fingerprint density at radius 3 is 2.14 bits per heavy atom. The number of hydrogen-bond donors (Lipinski definition) is 0. The summed E-state index contributed by atoms with van der Waals surface area (Å²) < 4.78 is 33.3. The summed E-state index contributed by atoms with van der Waals surface area (Å²) in [5, 5.41) is 0. The van der Waals surface area contributed by atoms with Crippen molar-refractivity contribution in [3.8, 4) is 5.75 Å². The van der Waals surface area contributed by atoms with E-state index in [0.717, 1.165) is 42.1 Å². The van der Waals surface area contributed by atoms with Crippen LogP contribution in [-0.4, -0.2) is 50.9 Å². The van der Waals surface area contributed by atoms with Gasteiger partial charge in [0, 0.05) is 32.7 Å². The van der Waals surface area contributed by atoms with E-state index in [1.165, 1.54) is 5.56 Å². The fraction of sp³-hybridized carbons (Fsp3) is 0.429. The molecule has 0 aromatic heterocycles. The van der Waals surface area contributed by atoms with Crippen LogP contribution in [0.3, 0.4) is 0 Å². The van der Waals surface area contributed by atoms with Crippen LogP contribution in [0.15, 0.2) is 41.3 Å². The smallest absolute Gasteiger partial charge is 0.243 e. The minimum Gasteiger partial charge on any atom is -1.00 e. The van der Waals surface area contributed by atoms with Gasteiger partial charge in [-0.3, -0.25) is 4.90 Å². The number of methoxy groups -OCH3 is 1. The normalized spacial score (nSPS) is 15.9. The Morgan fingerprint density at radius 2 is 1.57 bits per heavy atom. The van der Waals surface area contributed by atoms with Crippen LogP contribution < -0.4 is 17.1 Å². The number of halogens is 1. The standard InChI is InChI=1S/C21H28N2O3S.ClH/c1-16-12-17(2)21(18(3)13-16)27(24,25)23-10-8-22(9-11-23)15-19-6-5-7-20(14-19)26-4;/h5-7,12-14H,8-11,15H2,1-4H3;1H/p-1. The maximum atomic E-state index is 13.2. The summed E-state index contributed by atoms with van der Waals surface area (Å²) in [5.41, 5.74) is 3.92. The van der Waals surface area contributed by atoms with Gasteiger partial charge in [-0.25, -0.2) is 8.42 Å². The van der Waals surface area contributed by atoms with Gasteiger partial charge in [0.05, 0.1) is 12.0 Å². The number of benzene rings is 2. The van der Waals surface area contributed by atoms with Gasteiger partial charge in [-0.05, 0) is 49.6 Å². The third-order valence-corrected chi connectivity index (χ3v) is 7.28. The van der Waals surface area contributed by atoms with Crippen molar-refractivity contribution < 1.29 is 25.6 Å². The average Bonchev–Trinajstić information content (AvgIpc) is 2.61. The minimum absolute atomic E-state index is 0. The zero-order chi connectivity index (χ0) is 19.6. The van der Waals surface area contributed by atoms with Crippen LogP contribution in [0.1, 0.15) is 22.3 Å². The van der Waals surface area contributed by atoms with E-state index in [-0.39, 0.29) is 12.4 Å². The molecule has 154 valence electrons. The van der Waals surface area contributed by atoms with E-state index in [0.29, 0.717) is 18.0 Å². The molecule has 1 fully saturated rings. The summed E-state index contributed by atoms with van der Waals surface area (Å²) in [4.78, 5) is 2.75. The first-order valence-corrected chi connectivity index (χ1v) is 10.7. The van der Waals surface area contributed by atoms with Crippen molar-refractivity contribution in [2.24, 2.45) is 0 Å². The second kappa shape index (κ2) is 9.27. The van der Waals surface area contributed by atoms with Gasteiger partial charge in [-0.1, -0.05) is 29.8 Å². The molecule has 28 heavy (non-hydrogen) atoms. The second-order valence-corrected chi connectivity index (χ2v) is 9.13. The lowest BCUT2D eigenvalue weighted by molar-refractivity contribution is -0.00000890. The maximum Gasteiger partial charge on any atom is 0.243 e. The molecule has 0 radical (unpaired) electrons. The molecule has 1 saturated heterocycles. The van der Waals surface area contributed by atoms with E-state index in [1.54, 1.807) is 11.4 Å². The monoisotopic (exact) mass is 423 g/mol. The summed E-state index contributed by atoms with van der Waals surface area (Å²) in [6, 6.07) is 11.9. The van der Waals surface area contributed by atoms with Gasteiger partial charge < -0.3 is 17.1 Å². The van der Waals surface area contributed by atoms with Crippen molar-refractivity contribution in [1.29, 1.82) is 0 Å². The third kappa shape index (κ3) is 4.87. The van der Waals surface area contributed by atoms with Crippen molar-refractivity contribution in [3.63, 3.8) is 0 Å². The number of nitrogens with zero attached hydrogens (tertiary/aromatic N) is 2. The maximum absolute atomic E-state index is 13.2. The molecule has 2 aromatic carbocycles. The van der Waals surface area contributed by atoms with E-state index < -0.39 is 10.0 Å². The summed E-state index contributed by atoms with van der Waals surface area (Å²) in [6.45, 7) is 9.03. The number of aryl methyl sites for hydroxylation is 3. The fourth-order valence-corrected chi connectivity index (χ4v) is 5.69. The molecule has 0 N–H and O–H groups in total. The van der Waals surface area contributed by atoms with Gasteiger partial charge in [0.1, 0.15) is 5.75 Å².